The van der Waals surface area contributed by atoms with Crippen LogP contribution in [0.4, 0.5) is 0 Å². The fourth-order valence-corrected chi connectivity index (χ4v) is 2.72. The summed E-state index contributed by atoms with van der Waals surface area (Å²) in [4.78, 5) is 0. The fourth-order valence-electron chi connectivity index (χ4n) is 2.72. The highest BCUT2D eigenvalue weighted by Gasteiger charge is 2.57. The van der Waals surface area contributed by atoms with Crippen molar-refractivity contribution in [2.75, 3.05) is 0 Å². The Balaban J connectivity index is 1.91. The molecule has 2 heteroatoms. The van der Waals surface area contributed by atoms with Gasteiger partial charge in [-0.1, -0.05) is 50.2 Å². The minimum absolute atomic E-state index is 0.163. The van der Waals surface area contributed by atoms with Crippen molar-refractivity contribution in [2.45, 2.75) is 25.8 Å². The van der Waals surface area contributed by atoms with Crippen LogP contribution in [0.25, 0.3) is 0 Å². The summed E-state index contributed by atoms with van der Waals surface area (Å²) in [6.45, 7) is 4.42. The highest BCUT2D eigenvalue weighted by atomic mass is 16.5. The number of benzene rings is 2. The van der Waals surface area contributed by atoms with Gasteiger partial charge in [0.15, 0.2) is 0 Å². The summed E-state index contributed by atoms with van der Waals surface area (Å²) in [7, 11) is 0. The summed E-state index contributed by atoms with van der Waals surface area (Å²) in [5.41, 5.74) is 7.56. The number of hydrogen-bond acceptors (Lipinski definition) is 2. The van der Waals surface area contributed by atoms with Crippen LogP contribution in [0, 0.1) is 5.41 Å². The summed E-state index contributed by atoms with van der Waals surface area (Å²) < 4.78 is 6.00. The Bertz CT molecular complexity index is 577. The third-order valence-corrected chi connectivity index (χ3v) is 4.14. The maximum Gasteiger partial charge on any atom is 0.130 e. The lowest BCUT2D eigenvalue weighted by molar-refractivity contribution is 0.472. The molecule has 0 amide bonds. The van der Waals surface area contributed by atoms with Gasteiger partial charge in [-0.25, -0.2) is 0 Å². The van der Waals surface area contributed by atoms with Crippen LogP contribution in [-0.4, -0.2) is 6.04 Å². The van der Waals surface area contributed by atoms with E-state index in [1.807, 2.05) is 48.5 Å². The zero-order valence-corrected chi connectivity index (χ0v) is 11.3. The van der Waals surface area contributed by atoms with E-state index in [0.717, 1.165) is 11.5 Å². The maximum atomic E-state index is 6.18. The van der Waals surface area contributed by atoms with Crippen molar-refractivity contribution in [3.05, 3.63) is 60.2 Å². The first-order valence-corrected chi connectivity index (χ1v) is 6.68. The molecule has 1 aliphatic carbocycles. The van der Waals surface area contributed by atoms with Crippen LogP contribution >= 0.6 is 0 Å². The van der Waals surface area contributed by atoms with Crippen LogP contribution in [-0.2, 0) is 0 Å². The molecule has 2 aromatic carbocycles. The number of para-hydroxylation sites is 2. The van der Waals surface area contributed by atoms with Crippen LogP contribution in [0.3, 0.4) is 0 Å². The van der Waals surface area contributed by atoms with Gasteiger partial charge < -0.3 is 10.5 Å². The zero-order valence-electron chi connectivity index (χ0n) is 11.3. The van der Waals surface area contributed by atoms with Crippen molar-refractivity contribution in [3.8, 4) is 11.5 Å². The van der Waals surface area contributed by atoms with Crippen molar-refractivity contribution in [1.82, 2.24) is 0 Å². The van der Waals surface area contributed by atoms with Gasteiger partial charge in [-0.15, -0.1) is 0 Å². The molecule has 1 fully saturated rings. The Morgan fingerprint density at radius 3 is 2.16 bits per heavy atom. The molecule has 2 aromatic rings. The Kier molecular flexibility index (Phi) is 2.83. The lowest BCUT2D eigenvalue weighted by atomic mass is 10.0. The molecule has 0 radical (unpaired) electrons. The monoisotopic (exact) mass is 253 g/mol. The number of hydrogen-bond donors (Lipinski definition) is 1. The fraction of sp³-hybridized carbons (Fsp3) is 0.294. The molecule has 0 bridgehead atoms. The van der Waals surface area contributed by atoms with Gasteiger partial charge in [-0.3, -0.25) is 0 Å². The molecule has 98 valence electrons. The lowest BCUT2D eigenvalue weighted by Gasteiger charge is -2.12. The van der Waals surface area contributed by atoms with E-state index in [9.17, 15) is 0 Å². The van der Waals surface area contributed by atoms with Crippen LogP contribution < -0.4 is 10.5 Å². The molecule has 0 unspecified atom stereocenters. The van der Waals surface area contributed by atoms with E-state index in [1.165, 1.54) is 5.56 Å². The van der Waals surface area contributed by atoms with E-state index < -0.39 is 0 Å². The topological polar surface area (TPSA) is 35.2 Å². The highest BCUT2D eigenvalue weighted by molar-refractivity contribution is 5.46. The number of ether oxygens (including phenoxy) is 1. The van der Waals surface area contributed by atoms with E-state index in [0.29, 0.717) is 5.92 Å². The molecule has 0 spiro atoms. The predicted molar refractivity (Wildman–Crippen MR) is 77.5 cm³/mol. The normalized spacial score (nSPS) is 23.9. The van der Waals surface area contributed by atoms with Crippen molar-refractivity contribution >= 4 is 0 Å². The van der Waals surface area contributed by atoms with Gasteiger partial charge in [-0.05, 0) is 23.6 Å². The molecule has 2 nitrogen and oxygen atoms in total. The first kappa shape index (κ1) is 12.2. The van der Waals surface area contributed by atoms with E-state index in [-0.39, 0.29) is 11.5 Å². The molecule has 19 heavy (non-hydrogen) atoms. The van der Waals surface area contributed by atoms with Gasteiger partial charge in [0.2, 0.25) is 0 Å². The molecule has 0 aliphatic heterocycles. The maximum absolute atomic E-state index is 6.18. The van der Waals surface area contributed by atoms with Crippen LogP contribution in [0.5, 0.6) is 11.5 Å². The second-order valence-corrected chi connectivity index (χ2v) is 5.78. The molecule has 3 rings (SSSR count). The summed E-state index contributed by atoms with van der Waals surface area (Å²) >= 11 is 0. The summed E-state index contributed by atoms with van der Waals surface area (Å²) in [6.07, 6.45) is 0. The molecule has 0 heterocycles. The van der Waals surface area contributed by atoms with Crippen LogP contribution in [0.15, 0.2) is 54.6 Å². The first-order valence-electron chi connectivity index (χ1n) is 6.68. The zero-order chi connectivity index (χ0) is 13.5. The lowest BCUT2D eigenvalue weighted by Crippen LogP contribution is -2.06. The quantitative estimate of drug-likeness (QED) is 0.899. The van der Waals surface area contributed by atoms with Gasteiger partial charge in [-0.2, -0.15) is 0 Å². The Labute approximate surface area is 114 Å². The smallest absolute Gasteiger partial charge is 0.130 e. The highest BCUT2D eigenvalue weighted by Crippen LogP contribution is 2.59. The Morgan fingerprint density at radius 2 is 1.53 bits per heavy atom. The van der Waals surface area contributed by atoms with E-state index in [4.69, 9.17) is 10.5 Å². The van der Waals surface area contributed by atoms with E-state index in [1.54, 1.807) is 0 Å². The molecule has 0 aromatic heterocycles. The molecular weight excluding hydrogens is 234 g/mol. The first-order chi connectivity index (χ1) is 9.10. The van der Waals surface area contributed by atoms with Gasteiger partial charge in [0, 0.05) is 17.5 Å². The number of rotatable bonds is 3. The average Bonchev–Trinajstić information content (AvgIpc) is 2.90. The molecule has 2 N–H and O–H groups in total. The predicted octanol–water partition coefficient (Wildman–Crippen LogP) is 3.93. The minimum Gasteiger partial charge on any atom is -0.457 e. The summed E-state index contributed by atoms with van der Waals surface area (Å²) in [5, 5.41) is 0. The van der Waals surface area contributed by atoms with Crippen molar-refractivity contribution in [1.29, 1.82) is 0 Å². The number of nitrogens with two attached hydrogens (primary N) is 1. The van der Waals surface area contributed by atoms with Crippen LogP contribution in [0.1, 0.15) is 25.3 Å². The van der Waals surface area contributed by atoms with Gasteiger partial charge in [0.1, 0.15) is 11.5 Å². The molecule has 1 aliphatic rings. The second kappa shape index (κ2) is 4.39. The SMILES string of the molecule is CC1(C)[C@@H](N)[C@@H]1c1ccccc1Oc1ccccc1. The van der Waals surface area contributed by atoms with Crippen molar-refractivity contribution < 1.29 is 4.74 Å². The third kappa shape index (κ3) is 2.13. The van der Waals surface area contributed by atoms with Crippen molar-refractivity contribution in [3.63, 3.8) is 0 Å². The largest absolute Gasteiger partial charge is 0.457 e. The summed E-state index contributed by atoms with van der Waals surface area (Å²) in [5.74, 6) is 2.16. The van der Waals surface area contributed by atoms with Gasteiger partial charge in [0.05, 0.1) is 0 Å². The molecule has 1 saturated carbocycles. The van der Waals surface area contributed by atoms with Crippen LogP contribution in [0.2, 0.25) is 0 Å². The van der Waals surface area contributed by atoms with Crippen molar-refractivity contribution in [2.24, 2.45) is 11.1 Å². The molecule has 2 atom stereocenters. The van der Waals surface area contributed by atoms with E-state index in [2.05, 4.69) is 19.9 Å². The molecule has 0 saturated heterocycles. The van der Waals surface area contributed by atoms with Gasteiger partial charge in [0.25, 0.3) is 0 Å². The Hall–Kier alpha value is -1.80. The standard InChI is InChI=1S/C17H19NO/c1-17(2)15(16(17)18)13-10-6-7-11-14(13)19-12-8-4-3-5-9-12/h3-11,15-16H,18H2,1-2H3/t15-,16-/m0/s1. The third-order valence-electron chi connectivity index (χ3n) is 4.14. The van der Waals surface area contributed by atoms with Gasteiger partial charge >= 0.3 is 0 Å². The average molecular weight is 253 g/mol. The van der Waals surface area contributed by atoms with E-state index >= 15 is 0 Å². The Morgan fingerprint density at radius 1 is 0.947 bits per heavy atom. The second-order valence-electron chi connectivity index (χ2n) is 5.78. The minimum atomic E-state index is 0.163. The molecular formula is C17H19NO. The summed E-state index contributed by atoms with van der Waals surface area (Å²) in [6, 6.07) is 18.3.